The van der Waals surface area contributed by atoms with Gasteiger partial charge in [0.2, 0.25) is 0 Å². The van der Waals surface area contributed by atoms with Crippen molar-refractivity contribution in [3.63, 3.8) is 0 Å². The number of hydrogen-bond acceptors (Lipinski definition) is 2. The molecule has 0 aliphatic carbocycles. The van der Waals surface area contributed by atoms with E-state index in [4.69, 9.17) is 5.84 Å². The van der Waals surface area contributed by atoms with Crippen LogP contribution in [0.25, 0.3) is 0 Å². The van der Waals surface area contributed by atoms with E-state index >= 15 is 0 Å². The van der Waals surface area contributed by atoms with Gasteiger partial charge in [-0.15, -0.1) is 0 Å². The zero-order chi connectivity index (χ0) is 12.1. The standard InChI is InChI=1S/C13H21BrN2/c1-4-10(5-2)13(16-15)12-8-11(14)7-6-9(12)3/h6-8,10,13,16H,4-5,15H2,1-3H3. The second-order valence-corrected chi connectivity index (χ2v) is 5.14. The normalized spacial score (nSPS) is 13.1. The fourth-order valence-electron chi connectivity index (χ4n) is 2.19. The van der Waals surface area contributed by atoms with E-state index < -0.39 is 0 Å². The number of nitrogens with two attached hydrogens (primary N) is 1. The highest BCUT2D eigenvalue weighted by atomic mass is 79.9. The Bertz CT molecular complexity index is 335. The fraction of sp³-hybridized carbons (Fsp3) is 0.538. The predicted octanol–water partition coefficient (Wildman–Crippen LogP) is 3.70. The molecule has 2 nitrogen and oxygen atoms in total. The van der Waals surface area contributed by atoms with Crippen molar-refractivity contribution in [2.75, 3.05) is 0 Å². The lowest BCUT2D eigenvalue weighted by Gasteiger charge is -2.26. The molecule has 1 unspecified atom stereocenters. The summed E-state index contributed by atoms with van der Waals surface area (Å²) in [7, 11) is 0. The summed E-state index contributed by atoms with van der Waals surface area (Å²) in [4.78, 5) is 0. The molecule has 0 aromatic heterocycles. The van der Waals surface area contributed by atoms with Gasteiger partial charge in [0.1, 0.15) is 0 Å². The van der Waals surface area contributed by atoms with Gasteiger partial charge in [-0.1, -0.05) is 48.7 Å². The molecule has 1 rings (SSSR count). The number of benzene rings is 1. The highest BCUT2D eigenvalue weighted by Gasteiger charge is 2.20. The van der Waals surface area contributed by atoms with Crippen molar-refractivity contribution in [2.45, 2.75) is 39.7 Å². The Hall–Kier alpha value is -0.380. The average Bonchev–Trinajstić information content (AvgIpc) is 2.29. The molecule has 0 amide bonds. The topological polar surface area (TPSA) is 38.0 Å². The van der Waals surface area contributed by atoms with Crippen molar-refractivity contribution in [3.05, 3.63) is 33.8 Å². The van der Waals surface area contributed by atoms with Crippen molar-refractivity contribution in [2.24, 2.45) is 11.8 Å². The number of aryl methyl sites for hydroxylation is 1. The Morgan fingerprint density at radius 2 is 1.94 bits per heavy atom. The Labute approximate surface area is 107 Å². The number of hydrazine groups is 1. The molecule has 0 aliphatic rings. The highest BCUT2D eigenvalue weighted by Crippen LogP contribution is 2.30. The maximum Gasteiger partial charge on any atom is 0.0490 e. The largest absolute Gasteiger partial charge is 0.271 e. The molecule has 16 heavy (non-hydrogen) atoms. The average molecular weight is 285 g/mol. The summed E-state index contributed by atoms with van der Waals surface area (Å²) < 4.78 is 1.11. The monoisotopic (exact) mass is 284 g/mol. The third-order valence-electron chi connectivity index (χ3n) is 3.28. The van der Waals surface area contributed by atoms with Crippen LogP contribution in [0, 0.1) is 12.8 Å². The Morgan fingerprint density at radius 1 is 1.31 bits per heavy atom. The Kier molecular flexibility index (Phi) is 5.46. The van der Waals surface area contributed by atoms with E-state index in [1.54, 1.807) is 0 Å². The Balaban J connectivity index is 3.06. The fourth-order valence-corrected chi connectivity index (χ4v) is 2.57. The minimum Gasteiger partial charge on any atom is -0.271 e. The number of hydrogen-bond donors (Lipinski definition) is 2. The third-order valence-corrected chi connectivity index (χ3v) is 3.77. The van der Waals surface area contributed by atoms with E-state index in [0.717, 1.165) is 17.3 Å². The van der Waals surface area contributed by atoms with Gasteiger partial charge in [0.15, 0.2) is 0 Å². The molecule has 0 fully saturated rings. The zero-order valence-corrected chi connectivity index (χ0v) is 11.8. The van der Waals surface area contributed by atoms with Crippen LogP contribution in [0.15, 0.2) is 22.7 Å². The molecule has 1 aromatic carbocycles. The molecule has 0 saturated heterocycles. The lowest BCUT2D eigenvalue weighted by molar-refractivity contribution is 0.344. The molecule has 1 atom stereocenters. The third kappa shape index (κ3) is 3.06. The van der Waals surface area contributed by atoms with Gasteiger partial charge in [-0.3, -0.25) is 11.3 Å². The van der Waals surface area contributed by atoms with Crippen molar-refractivity contribution in [1.29, 1.82) is 0 Å². The van der Waals surface area contributed by atoms with Gasteiger partial charge in [0.25, 0.3) is 0 Å². The number of rotatable bonds is 5. The molecular formula is C13H21BrN2. The molecular weight excluding hydrogens is 264 g/mol. The number of nitrogens with one attached hydrogen (secondary N) is 1. The van der Waals surface area contributed by atoms with E-state index in [2.05, 4.69) is 60.3 Å². The first kappa shape index (κ1) is 13.7. The molecule has 90 valence electrons. The second-order valence-electron chi connectivity index (χ2n) is 4.22. The highest BCUT2D eigenvalue weighted by molar-refractivity contribution is 9.10. The summed E-state index contributed by atoms with van der Waals surface area (Å²) in [5.74, 6) is 6.29. The van der Waals surface area contributed by atoms with Crippen LogP contribution in [0.3, 0.4) is 0 Å². The first-order valence-corrected chi connectivity index (χ1v) is 6.65. The van der Waals surface area contributed by atoms with E-state index in [1.807, 2.05) is 0 Å². The predicted molar refractivity (Wildman–Crippen MR) is 73.0 cm³/mol. The van der Waals surface area contributed by atoms with E-state index in [0.29, 0.717) is 5.92 Å². The van der Waals surface area contributed by atoms with Crippen LogP contribution in [-0.4, -0.2) is 0 Å². The van der Waals surface area contributed by atoms with E-state index in [-0.39, 0.29) is 6.04 Å². The molecule has 3 heteroatoms. The molecule has 0 radical (unpaired) electrons. The molecule has 3 N–H and O–H groups in total. The van der Waals surface area contributed by atoms with Crippen LogP contribution in [0.5, 0.6) is 0 Å². The van der Waals surface area contributed by atoms with Crippen LogP contribution in [0.2, 0.25) is 0 Å². The minimum absolute atomic E-state index is 0.243. The van der Waals surface area contributed by atoms with Crippen molar-refractivity contribution >= 4 is 15.9 Å². The van der Waals surface area contributed by atoms with Crippen molar-refractivity contribution in [1.82, 2.24) is 5.43 Å². The first-order valence-electron chi connectivity index (χ1n) is 5.86. The van der Waals surface area contributed by atoms with E-state index in [9.17, 15) is 0 Å². The molecule has 0 spiro atoms. The molecule has 0 bridgehead atoms. The maximum atomic E-state index is 5.71. The summed E-state index contributed by atoms with van der Waals surface area (Å²) in [6.07, 6.45) is 2.27. The van der Waals surface area contributed by atoms with Gasteiger partial charge in [0, 0.05) is 10.5 Å². The minimum atomic E-state index is 0.243. The van der Waals surface area contributed by atoms with Crippen LogP contribution in [0.4, 0.5) is 0 Å². The van der Waals surface area contributed by atoms with Crippen molar-refractivity contribution < 1.29 is 0 Å². The van der Waals surface area contributed by atoms with E-state index in [1.165, 1.54) is 11.1 Å². The number of halogens is 1. The van der Waals surface area contributed by atoms with Crippen LogP contribution < -0.4 is 11.3 Å². The molecule has 0 saturated carbocycles. The lowest BCUT2D eigenvalue weighted by atomic mass is 9.87. The van der Waals surface area contributed by atoms with Gasteiger partial charge < -0.3 is 0 Å². The first-order chi connectivity index (χ1) is 7.63. The molecule has 0 aliphatic heterocycles. The smallest absolute Gasteiger partial charge is 0.0490 e. The molecule has 1 aromatic rings. The van der Waals surface area contributed by atoms with Gasteiger partial charge in [0.05, 0.1) is 0 Å². The van der Waals surface area contributed by atoms with Gasteiger partial charge in [-0.2, -0.15) is 0 Å². The lowest BCUT2D eigenvalue weighted by Crippen LogP contribution is -2.33. The van der Waals surface area contributed by atoms with Gasteiger partial charge in [-0.05, 0) is 36.1 Å². The van der Waals surface area contributed by atoms with Crippen LogP contribution >= 0.6 is 15.9 Å². The second kappa shape index (κ2) is 6.38. The SMILES string of the molecule is CCC(CC)C(NN)c1cc(Br)ccc1C. The summed E-state index contributed by atoms with van der Waals surface area (Å²) >= 11 is 3.52. The molecule has 0 heterocycles. The zero-order valence-electron chi connectivity index (χ0n) is 10.3. The summed E-state index contributed by atoms with van der Waals surface area (Å²) in [5.41, 5.74) is 5.55. The summed E-state index contributed by atoms with van der Waals surface area (Å²) in [6.45, 7) is 6.56. The summed E-state index contributed by atoms with van der Waals surface area (Å²) in [5, 5.41) is 0. The Morgan fingerprint density at radius 3 is 2.44 bits per heavy atom. The van der Waals surface area contributed by atoms with Crippen LogP contribution in [0.1, 0.15) is 43.9 Å². The van der Waals surface area contributed by atoms with Gasteiger partial charge in [-0.25, -0.2) is 0 Å². The quantitative estimate of drug-likeness (QED) is 0.639. The van der Waals surface area contributed by atoms with Crippen LogP contribution in [-0.2, 0) is 0 Å². The summed E-state index contributed by atoms with van der Waals surface area (Å²) in [6, 6.07) is 6.61. The van der Waals surface area contributed by atoms with Crippen molar-refractivity contribution in [3.8, 4) is 0 Å². The maximum absolute atomic E-state index is 5.71. The van der Waals surface area contributed by atoms with Gasteiger partial charge >= 0.3 is 0 Å².